The first-order valence-corrected chi connectivity index (χ1v) is 12.9. The van der Waals surface area contributed by atoms with Crippen molar-refractivity contribution in [3.8, 4) is 0 Å². The Kier molecular flexibility index (Phi) is 9.34. The molecule has 1 aliphatic rings. The molecule has 2 aromatic carbocycles. The van der Waals surface area contributed by atoms with E-state index < -0.39 is 23.8 Å². The topological polar surface area (TPSA) is 146 Å². The van der Waals surface area contributed by atoms with Gasteiger partial charge in [-0.2, -0.15) is 4.98 Å². The van der Waals surface area contributed by atoms with Crippen molar-refractivity contribution in [2.24, 2.45) is 0 Å². The highest BCUT2D eigenvalue weighted by Crippen LogP contribution is 2.18. The van der Waals surface area contributed by atoms with Crippen molar-refractivity contribution in [1.82, 2.24) is 19.8 Å². The van der Waals surface area contributed by atoms with Crippen LogP contribution in [0.4, 0.5) is 21.1 Å². The monoisotopic (exact) mass is 548 g/mol. The zero-order valence-corrected chi connectivity index (χ0v) is 22.2. The number of carbonyl (C=O) groups is 3. The maximum Gasteiger partial charge on any atom is 0.408 e. The number of rotatable bonds is 8. The molecule has 1 unspecified atom stereocenters. The van der Waals surface area contributed by atoms with Crippen molar-refractivity contribution >= 4 is 29.6 Å². The van der Waals surface area contributed by atoms with Gasteiger partial charge in [0.05, 0.1) is 6.54 Å². The van der Waals surface area contributed by atoms with Crippen LogP contribution in [0.15, 0.2) is 71.7 Å². The molecule has 3 aromatic rings. The van der Waals surface area contributed by atoms with Gasteiger partial charge in [0, 0.05) is 43.6 Å². The number of aromatic nitrogens is 2. The fourth-order valence-electron chi connectivity index (χ4n) is 4.39. The number of aryl methyl sites for hydroxylation is 1. The van der Waals surface area contributed by atoms with Gasteiger partial charge >= 0.3 is 23.8 Å². The van der Waals surface area contributed by atoms with E-state index in [-0.39, 0.29) is 19.2 Å². The van der Waals surface area contributed by atoms with Crippen LogP contribution < -0.4 is 21.2 Å². The van der Waals surface area contributed by atoms with Gasteiger partial charge in [0.2, 0.25) is 0 Å². The van der Waals surface area contributed by atoms with Gasteiger partial charge in [0.25, 0.3) is 0 Å². The summed E-state index contributed by atoms with van der Waals surface area (Å²) in [5.74, 6) is -0.833. The van der Waals surface area contributed by atoms with E-state index in [1.54, 1.807) is 36.1 Å². The quantitative estimate of drug-likeness (QED) is 0.390. The van der Waals surface area contributed by atoms with Crippen LogP contribution in [0.1, 0.15) is 17.5 Å². The Labute approximate surface area is 231 Å². The summed E-state index contributed by atoms with van der Waals surface area (Å²) in [7, 11) is 0. The van der Waals surface area contributed by atoms with E-state index in [2.05, 4.69) is 15.6 Å². The van der Waals surface area contributed by atoms with Gasteiger partial charge < -0.3 is 30.3 Å². The predicted octanol–water partition coefficient (Wildman–Crippen LogP) is 2.68. The minimum Gasteiger partial charge on any atom is -0.480 e. The lowest BCUT2D eigenvalue weighted by Gasteiger charge is -2.25. The maximum absolute atomic E-state index is 12.9. The van der Waals surface area contributed by atoms with Crippen molar-refractivity contribution < 1.29 is 24.2 Å². The molecule has 0 aliphatic carbocycles. The summed E-state index contributed by atoms with van der Waals surface area (Å²) in [6.07, 6.45) is 1.31. The second-order valence-electron chi connectivity index (χ2n) is 9.40. The van der Waals surface area contributed by atoms with Gasteiger partial charge in [-0.15, -0.1) is 0 Å². The highest BCUT2D eigenvalue weighted by Gasteiger charge is 2.25. The van der Waals surface area contributed by atoms with E-state index in [0.717, 1.165) is 10.1 Å². The largest absolute Gasteiger partial charge is 0.480 e. The van der Waals surface area contributed by atoms with Gasteiger partial charge in [-0.1, -0.05) is 48.5 Å². The predicted molar refractivity (Wildman–Crippen MR) is 148 cm³/mol. The Bertz CT molecular complexity index is 1380. The number of nitrogens with zero attached hydrogens (tertiary/aromatic N) is 4. The van der Waals surface area contributed by atoms with Crippen LogP contribution in [0.5, 0.6) is 0 Å². The fraction of sp³-hybridized carbons (Fsp3) is 0.321. The number of anilines is 2. The second-order valence-corrected chi connectivity index (χ2v) is 9.40. The summed E-state index contributed by atoms with van der Waals surface area (Å²) >= 11 is 0. The van der Waals surface area contributed by atoms with Crippen LogP contribution in [-0.4, -0.2) is 69.9 Å². The Hall–Kier alpha value is -4.87. The summed E-state index contributed by atoms with van der Waals surface area (Å²) in [4.78, 5) is 57.5. The van der Waals surface area contributed by atoms with Crippen molar-refractivity contribution in [2.75, 3.05) is 36.4 Å². The van der Waals surface area contributed by atoms with Crippen LogP contribution >= 0.6 is 0 Å². The van der Waals surface area contributed by atoms with E-state index in [1.807, 2.05) is 41.3 Å². The molecule has 0 spiro atoms. The average molecular weight is 549 g/mol. The molecule has 1 atom stereocenters. The molecular weight excluding hydrogens is 516 g/mol. The number of alkyl carbamates (subject to hydrolysis) is 1. The molecule has 1 aliphatic heterocycles. The number of para-hydroxylation sites is 1. The Balaban J connectivity index is 1.37. The number of hydrogen-bond acceptors (Lipinski definition) is 7. The molecule has 0 bridgehead atoms. The number of carboxylic acids is 1. The zero-order chi connectivity index (χ0) is 28.5. The van der Waals surface area contributed by atoms with Crippen LogP contribution in [-0.2, 0) is 22.7 Å². The van der Waals surface area contributed by atoms with Crippen LogP contribution in [0.25, 0.3) is 0 Å². The second kappa shape index (κ2) is 13.3. The number of amides is 3. The van der Waals surface area contributed by atoms with E-state index in [4.69, 9.17) is 4.74 Å². The first kappa shape index (κ1) is 28.1. The smallest absolute Gasteiger partial charge is 0.408 e. The summed E-state index contributed by atoms with van der Waals surface area (Å²) in [5.41, 5.74) is 1.49. The highest BCUT2D eigenvalue weighted by molar-refractivity contribution is 5.89. The van der Waals surface area contributed by atoms with Gasteiger partial charge in [0.1, 0.15) is 18.5 Å². The molecule has 2 heterocycles. The molecular formula is C28H32N6O6. The summed E-state index contributed by atoms with van der Waals surface area (Å²) < 4.78 is 6.27. The molecule has 1 saturated heterocycles. The molecule has 1 aromatic heterocycles. The Morgan fingerprint density at radius 1 is 1.00 bits per heavy atom. The first-order valence-electron chi connectivity index (χ1n) is 12.9. The van der Waals surface area contributed by atoms with E-state index >= 15 is 0 Å². The van der Waals surface area contributed by atoms with Gasteiger partial charge in [-0.3, -0.25) is 4.57 Å². The van der Waals surface area contributed by atoms with Gasteiger partial charge in [0.15, 0.2) is 0 Å². The van der Waals surface area contributed by atoms with Gasteiger partial charge in [-0.25, -0.2) is 19.2 Å². The minimum absolute atomic E-state index is 0.0184. The van der Waals surface area contributed by atoms with Crippen LogP contribution in [0.3, 0.4) is 0 Å². The number of nitrogens with one attached hydrogen (secondary N) is 2. The van der Waals surface area contributed by atoms with E-state index in [9.17, 15) is 24.3 Å². The third-order valence-electron chi connectivity index (χ3n) is 6.44. The molecule has 3 N–H and O–H groups in total. The molecule has 12 heteroatoms. The molecule has 40 heavy (non-hydrogen) atoms. The number of carboxylic acid groups (broad SMARTS) is 1. The molecule has 210 valence electrons. The number of hydrogen-bond donors (Lipinski definition) is 3. The molecule has 4 rings (SSSR count). The third-order valence-corrected chi connectivity index (χ3v) is 6.44. The Morgan fingerprint density at radius 3 is 2.40 bits per heavy atom. The number of ether oxygens (including phenoxy) is 1. The first-order chi connectivity index (χ1) is 19.3. The van der Waals surface area contributed by atoms with Crippen LogP contribution in [0, 0.1) is 6.92 Å². The molecule has 3 amide bonds. The van der Waals surface area contributed by atoms with Crippen molar-refractivity contribution in [1.29, 1.82) is 0 Å². The number of carbonyl (C=O) groups excluding carboxylic acids is 2. The van der Waals surface area contributed by atoms with Crippen molar-refractivity contribution in [3.05, 3.63) is 88.5 Å². The fourth-order valence-corrected chi connectivity index (χ4v) is 4.39. The molecule has 12 nitrogen and oxygen atoms in total. The zero-order valence-electron chi connectivity index (χ0n) is 22.2. The van der Waals surface area contributed by atoms with E-state index in [0.29, 0.717) is 49.7 Å². The number of benzene rings is 2. The third kappa shape index (κ3) is 7.59. The summed E-state index contributed by atoms with van der Waals surface area (Å²) in [5, 5.41) is 14.8. The van der Waals surface area contributed by atoms with Gasteiger partial charge in [-0.05, 0) is 31.0 Å². The minimum atomic E-state index is -1.40. The molecule has 1 fully saturated rings. The van der Waals surface area contributed by atoms with E-state index in [1.165, 1.54) is 6.20 Å². The van der Waals surface area contributed by atoms with Crippen LogP contribution in [0.2, 0.25) is 0 Å². The lowest BCUT2D eigenvalue weighted by atomic mass is 10.2. The SMILES string of the molecule is Cc1cn(CC(NC(=O)OCc2ccccc2)C(=O)O)c(=O)nc1N1CCCN(C(=O)Nc2ccccc2)CC1. The lowest BCUT2D eigenvalue weighted by molar-refractivity contribution is -0.139. The molecule has 0 saturated carbocycles. The lowest BCUT2D eigenvalue weighted by Crippen LogP contribution is -2.46. The van der Waals surface area contributed by atoms with Crippen molar-refractivity contribution in [3.63, 3.8) is 0 Å². The Morgan fingerprint density at radius 2 is 1.70 bits per heavy atom. The average Bonchev–Trinajstić information content (AvgIpc) is 3.21. The number of urea groups is 1. The standard InChI is InChI=1S/C28H32N6O6/c1-20-17-34(18-23(25(35)36)30-28(39)40-19-21-9-4-2-5-10-21)27(38)31-24(20)32-13-8-14-33(16-15-32)26(37)29-22-11-6-3-7-12-22/h2-7,9-12,17,23H,8,13-16,18-19H2,1H3,(H,29,37)(H,30,39)(H,35,36). The molecule has 0 radical (unpaired) electrons. The van der Waals surface area contributed by atoms with Crippen molar-refractivity contribution in [2.45, 2.75) is 32.5 Å². The normalized spacial score (nSPS) is 14.1. The highest BCUT2D eigenvalue weighted by atomic mass is 16.5. The maximum atomic E-state index is 12.9. The summed E-state index contributed by atoms with van der Waals surface area (Å²) in [6.45, 7) is 3.51. The summed E-state index contributed by atoms with van der Waals surface area (Å²) in [6, 6.07) is 16.6. The number of aliphatic carboxylic acids is 1.